The summed E-state index contributed by atoms with van der Waals surface area (Å²) in [6.07, 6.45) is 1.40. The van der Waals surface area contributed by atoms with Crippen molar-refractivity contribution < 1.29 is 4.79 Å². The lowest BCUT2D eigenvalue weighted by atomic mass is 10.1. The molecule has 6 heteroatoms. The van der Waals surface area contributed by atoms with E-state index in [2.05, 4.69) is 20.9 Å². The number of hydrogen-bond acceptors (Lipinski definition) is 3. The van der Waals surface area contributed by atoms with Crippen molar-refractivity contribution >= 4 is 44.2 Å². The van der Waals surface area contributed by atoms with Crippen molar-refractivity contribution in [3.05, 3.63) is 74.2 Å². The summed E-state index contributed by atoms with van der Waals surface area (Å²) in [5.74, 6) is -0.171. The summed E-state index contributed by atoms with van der Waals surface area (Å²) in [5, 5.41) is 1.03. The molecule has 22 heavy (non-hydrogen) atoms. The fraction of sp³-hybridized carbons (Fsp3) is 0.0625. The lowest BCUT2D eigenvalue weighted by Crippen LogP contribution is -2.24. The average molecular weight is 378 g/mol. The fourth-order valence-electron chi connectivity index (χ4n) is 2.13. The van der Waals surface area contributed by atoms with Crippen molar-refractivity contribution in [2.24, 2.45) is 0 Å². The zero-order chi connectivity index (χ0) is 15.7. The molecule has 0 aliphatic heterocycles. The second-order valence-corrected chi connectivity index (χ2v) is 6.12. The van der Waals surface area contributed by atoms with Gasteiger partial charge in [0.25, 0.3) is 5.56 Å². The molecular weight excluding hydrogens is 368 g/mol. The Morgan fingerprint density at radius 3 is 2.64 bits per heavy atom. The monoisotopic (exact) mass is 376 g/mol. The zero-order valence-electron chi connectivity index (χ0n) is 11.3. The van der Waals surface area contributed by atoms with Gasteiger partial charge in [-0.25, -0.2) is 4.98 Å². The fourth-order valence-corrected chi connectivity index (χ4v) is 2.61. The van der Waals surface area contributed by atoms with Crippen molar-refractivity contribution in [3.63, 3.8) is 0 Å². The highest BCUT2D eigenvalue weighted by Crippen LogP contribution is 2.15. The zero-order valence-corrected chi connectivity index (χ0v) is 13.6. The molecule has 0 radical (unpaired) electrons. The molecular formula is C16H10BrClN2O2. The highest BCUT2D eigenvalue weighted by Gasteiger charge is 2.10. The molecule has 0 saturated carbocycles. The lowest BCUT2D eigenvalue weighted by molar-refractivity contribution is 0.0970. The third-order valence-electron chi connectivity index (χ3n) is 3.27. The predicted octanol–water partition coefficient (Wildman–Crippen LogP) is 3.70. The molecule has 0 fully saturated rings. The molecule has 0 aliphatic carbocycles. The molecule has 2 aromatic carbocycles. The first-order valence-corrected chi connectivity index (χ1v) is 7.65. The van der Waals surface area contributed by atoms with Crippen molar-refractivity contribution in [1.82, 2.24) is 9.55 Å². The number of Topliss-reactive ketones (excluding diaryl/α,β-unsaturated/α-hetero) is 1. The third kappa shape index (κ3) is 2.96. The van der Waals surface area contributed by atoms with Gasteiger partial charge in [0.05, 0.1) is 23.8 Å². The largest absolute Gasteiger partial charge is 0.292 e. The summed E-state index contributed by atoms with van der Waals surface area (Å²) in [7, 11) is 0. The number of carbonyl (C=O) groups excluding carboxylic acids is 1. The van der Waals surface area contributed by atoms with Crippen LogP contribution in [0.15, 0.2) is 58.1 Å². The van der Waals surface area contributed by atoms with Crippen LogP contribution in [-0.2, 0) is 6.54 Å². The van der Waals surface area contributed by atoms with Crippen LogP contribution in [0.25, 0.3) is 10.9 Å². The van der Waals surface area contributed by atoms with Crippen LogP contribution in [0.1, 0.15) is 10.4 Å². The summed E-state index contributed by atoms with van der Waals surface area (Å²) >= 11 is 9.13. The first-order chi connectivity index (χ1) is 10.5. The van der Waals surface area contributed by atoms with Crippen LogP contribution in [0, 0.1) is 0 Å². The maximum atomic E-state index is 12.4. The quantitative estimate of drug-likeness (QED) is 0.654. The van der Waals surface area contributed by atoms with Crippen molar-refractivity contribution in [2.75, 3.05) is 0 Å². The third-order valence-corrected chi connectivity index (χ3v) is 4.01. The Hall–Kier alpha value is -1.98. The molecule has 0 aliphatic rings. The molecule has 1 heterocycles. The van der Waals surface area contributed by atoms with Crippen LogP contribution in [-0.4, -0.2) is 15.3 Å². The van der Waals surface area contributed by atoms with Crippen molar-refractivity contribution in [1.29, 1.82) is 0 Å². The predicted molar refractivity (Wildman–Crippen MR) is 89.5 cm³/mol. The van der Waals surface area contributed by atoms with E-state index in [0.717, 1.165) is 4.47 Å². The van der Waals surface area contributed by atoms with Crippen LogP contribution in [0.3, 0.4) is 0 Å². The van der Waals surface area contributed by atoms with Gasteiger partial charge in [0.15, 0.2) is 5.78 Å². The second-order valence-electron chi connectivity index (χ2n) is 4.77. The van der Waals surface area contributed by atoms with Gasteiger partial charge in [0.2, 0.25) is 0 Å². The van der Waals surface area contributed by atoms with Crippen molar-refractivity contribution in [2.45, 2.75) is 6.54 Å². The van der Waals surface area contributed by atoms with Gasteiger partial charge in [-0.1, -0.05) is 27.5 Å². The minimum Gasteiger partial charge on any atom is -0.292 e. The van der Waals surface area contributed by atoms with Crippen molar-refractivity contribution in [3.8, 4) is 0 Å². The van der Waals surface area contributed by atoms with Gasteiger partial charge >= 0.3 is 0 Å². The maximum absolute atomic E-state index is 12.4. The summed E-state index contributed by atoms with van der Waals surface area (Å²) in [6.45, 7) is -0.0596. The van der Waals surface area contributed by atoms with Gasteiger partial charge in [-0.3, -0.25) is 14.2 Å². The number of halogens is 2. The molecule has 3 rings (SSSR count). The molecule has 3 aromatic rings. The highest BCUT2D eigenvalue weighted by atomic mass is 79.9. The van der Waals surface area contributed by atoms with E-state index in [9.17, 15) is 9.59 Å². The Balaban J connectivity index is 1.97. The van der Waals surface area contributed by atoms with Crippen LogP contribution >= 0.6 is 27.5 Å². The minimum atomic E-state index is -0.242. The van der Waals surface area contributed by atoms with Gasteiger partial charge in [-0.15, -0.1) is 0 Å². The van der Waals surface area contributed by atoms with Crippen LogP contribution in [0.2, 0.25) is 5.02 Å². The SMILES string of the molecule is O=C(Cn1cnc2ccc(Br)cc2c1=O)c1ccc(Cl)cc1. The van der Waals surface area contributed by atoms with Crippen LogP contribution in [0.4, 0.5) is 0 Å². The minimum absolute atomic E-state index is 0.0596. The molecule has 4 nitrogen and oxygen atoms in total. The molecule has 0 N–H and O–H groups in total. The number of hydrogen-bond donors (Lipinski definition) is 0. The van der Waals surface area contributed by atoms with E-state index in [1.807, 2.05) is 6.07 Å². The van der Waals surface area contributed by atoms with E-state index in [4.69, 9.17) is 11.6 Å². The Kier molecular flexibility index (Phi) is 4.09. The number of nitrogens with zero attached hydrogens (tertiary/aromatic N) is 2. The van der Waals surface area contributed by atoms with E-state index in [1.165, 1.54) is 10.9 Å². The van der Waals surface area contributed by atoms with E-state index in [-0.39, 0.29) is 17.9 Å². The maximum Gasteiger partial charge on any atom is 0.261 e. The number of rotatable bonds is 3. The summed E-state index contributed by atoms with van der Waals surface area (Å²) in [4.78, 5) is 28.9. The van der Waals surface area contributed by atoms with Gasteiger partial charge in [-0.2, -0.15) is 0 Å². The van der Waals surface area contributed by atoms with Gasteiger partial charge in [0, 0.05) is 15.1 Å². The first kappa shape index (κ1) is 14.9. The summed E-state index contributed by atoms with van der Waals surface area (Å²) in [6, 6.07) is 11.8. The lowest BCUT2D eigenvalue weighted by Gasteiger charge is -2.06. The number of carbonyl (C=O) groups is 1. The topological polar surface area (TPSA) is 52.0 Å². The summed E-state index contributed by atoms with van der Waals surface area (Å²) in [5.41, 5.74) is 0.864. The molecule has 1 aromatic heterocycles. The standard InChI is InChI=1S/C16H10BrClN2O2/c17-11-3-6-14-13(7-11)16(22)20(9-19-14)8-15(21)10-1-4-12(18)5-2-10/h1-7,9H,8H2. The van der Waals surface area contributed by atoms with E-state index < -0.39 is 0 Å². The summed E-state index contributed by atoms with van der Waals surface area (Å²) < 4.78 is 2.10. The van der Waals surface area contributed by atoms with Crippen LogP contribution in [0.5, 0.6) is 0 Å². The Bertz CT molecular complexity index is 920. The molecule has 0 unspecified atom stereocenters. The van der Waals surface area contributed by atoms with E-state index >= 15 is 0 Å². The molecule has 0 bridgehead atoms. The Morgan fingerprint density at radius 2 is 1.91 bits per heavy atom. The second kappa shape index (κ2) is 6.02. The number of fused-ring (bicyclic) bond motifs is 1. The first-order valence-electron chi connectivity index (χ1n) is 6.48. The van der Waals surface area contributed by atoms with Gasteiger partial charge < -0.3 is 0 Å². The molecule has 0 atom stereocenters. The Labute approximate surface area is 139 Å². The molecule has 0 saturated heterocycles. The Morgan fingerprint density at radius 1 is 1.18 bits per heavy atom. The van der Waals surface area contributed by atoms with E-state index in [0.29, 0.717) is 21.5 Å². The number of ketones is 1. The highest BCUT2D eigenvalue weighted by molar-refractivity contribution is 9.10. The van der Waals surface area contributed by atoms with Gasteiger partial charge in [0.1, 0.15) is 0 Å². The molecule has 0 amide bonds. The van der Waals surface area contributed by atoms with Crippen LogP contribution < -0.4 is 5.56 Å². The normalized spacial score (nSPS) is 10.8. The van der Waals surface area contributed by atoms with Gasteiger partial charge in [-0.05, 0) is 42.5 Å². The molecule has 0 spiro atoms. The number of aromatic nitrogens is 2. The smallest absolute Gasteiger partial charge is 0.261 e. The molecule has 110 valence electrons. The number of benzene rings is 2. The average Bonchev–Trinajstić information content (AvgIpc) is 2.51. The van der Waals surface area contributed by atoms with E-state index in [1.54, 1.807) is 36.4 Å².